The number of hydrogen-bond acceptors (Lipinski definition) is 3. The maximum atomic E-state index is 3.56. The highest BCUT2D eigenvalue weighted by Gasteiger charge is 2.25. The molecule has 2 fully saturated rings. The maximum absolute atomic E-state index is 3.56. The first kappa shape index (κ1) is 13.5. The van der Waals surface area contributed by atoms with Crippen LogP contribution in [0.1, 0.15) is 25.7 Å². The van der Waals surface area contributed by atoms with E-state index in [4.69, 9.17) is 0 Å². The number of halogens is 2. The molecule has 2 rings (SSSR count). The molecule has 13 heavy (non-hydrogen) atoms. The fraction of sp³-hybridized carbons (Fsp3) is 1.00. The van der Waals surface area contributed by atoms with Crippen LogP contribution in [-0.4, -0.2) is 25.2 Å². The lowest BCUT2D eigenvalue weighted by molar-refractivity contribution is 0.325. The van der Waals surface area contributed by atoms with E-state index in [2.05, 4.69) is 16.2 Å². The molecule has 0 aliphatic carbocycles. The van der Waals surface area contributed by atoms with Crippen LogP contribution in [0.5, 0.6) is 0 Å². The molecule has 0 aromatic heterocycles. The Morgan fingerprint density at radius 1 is 0.846 bits per heavy atom. The van der Waals surface area contributed by atoms with Gasteiger partial charge >= 0.3 is 0 Å². The minimum atomic E-state index is 0. The lowest BCUT2D eigenvalue weighted by Gasteiger charge is -2.28. The van der Waals surface area contributed by atoms with E-state index in [-0.39, 0.29) is 24.8 Å². The van der Waals surface area contributed by atoms with Gasteiger partial charge in [-0.05, 0) is 25.8 Å². The molecule has 2 saturated heterocycles. The van der Waals surface area contributed by atoms with Gasteiger partial charge in [0.2, 0.25) is 0 Å². The number of nitrogens with one attached hydrogen (secondary N) is 3. The van der Waals surface area contributed by atoms with E-state index in [0.717, 1.165) is 12.6 Å². The quantitative estimate of drug-likeness (QED) is 0.622. The van der Waals surface area contributed by atoms with Gasteiger partial charge in [-0.25, -0.2) is 0 Å². The lowest BCUT2D eigenvalue weighted by atomic mass is 9.97. The van der Waals surface area contributed by atoms with Crippen LogP contribution in [0.15, 0.2) is 0 Å². The molecule has 3 nitrogen and oxygen atoms in total. The third kappa shape index (κ3) is 3.60. The molecular formula is C8H19Cl2N3. The van der Waals surface area contributed by atoms with Gasteiger partial charge in [0.05, 0.1) is 0 Å². The third-order valence-corrected chi connectivity index (χ3v) is 2.70. The van der Waals surface area contributed by atoms with Gasteiger partial charge in [-0.2, -0.15) is 0 Å². The molecule has 2 aliphatic rings. The Labute approximate surface area is 92.2 Å². The largest absolute Gasteiger partial charge is 0.312 e. The summed E-state index contributed by atoms with van der Waals surface area (Å²) in [4.78, 5) is 0. The van der Waals surface area contributed by atoms with E-state index in [1.54, 1.807) is 0 Å². The van der Waals surface area contributed by atoms with E-state index in [9.17, 15) is 0 Å². The van der Waals surface area contributed by atoms with Crippen molar-refractivity contribution in [3.63, 3.8) is 0 Å². The van der Waals surface area contributed by atoms with Crippen molar-refractivity contribution in [2.75, 3.05) is 13.1 Å². The Bertz CT molecular complexity index is 123. The fourth-order valence-electron chi connectivity index (χ4n) is 2.03. The lowest BCUT2D eigenvalue weighted by Crippen LogP contribution is -2.48. The average molecular weight is 228 g/mol. The first-order valence-corrected chi connectivity index (χ1v) is 4.68. The van der Waals surface area contributed by atoms with Crippen molar-refractivity contribution in [3.8, 4) is 0 Å². The maximum Gasteiger partial charge on any atom is 0.0378 e. The number of piperidine rings is 1. The monoisotopic (exact) mass is 227 g/mol. The smallest absolute Gasteiger partial charge is 0.0378 e. The summed E-state index contributed by atoms with van der Waals surface area (Å²) in [6, 6.07) is 1.40. The molecule has 2 unspecified atom stereocenters. The molecule has 2 aliphatic heterocycles. The summed E-state index contributed by atoms with van der Waals surface area (Å²) in [7, 11) is 0. The van der Waals surface area contributed by atoms with Gasteiger partial charge in [0.25, 0.3) is 0 Å². The van der Waals surface area contributed by atoms with Crippen molar-refractivity contribution in [2.24, 2.45) is 0 Å². The van der Waals surface area contributed by atoms with Crippen molar-refractivity contribution >= 4 is 24.8 Å². The molecule has 0 saturated carbocycles. The summed E-state index contributed by atoms with van der Waals surface area (Å²) >= 11 is 0. The van der Waals surface area contributed by atoms with Crippen LogP contribution in [0, 0.1) is 0 Å². The fourth-order valence-corrected chi connectivity index (χ4v) is 2.03. The average Bonchev–Trinajstić information content (AvgIpc) is 2.58. The van der Waals surface area contributed by atoms with Gasteiger partial charge in [0, 0.05) is 18.6 Å². The van der Waals surface area contributed by atoms with Crippen molar-refractivity contribution in [1.29, 1.82) is 0 Å². The summed E-state index contributed by atoms with van der Waals surface area (Å²) in [6.07, 6.45) is 5.38. The molecule has 0 spiro atoms. The summed E-state index contributed by atoms with van der Waals surface area (Å²) in [5.74, 6) is 0. The van der Waals surface area contributed by atoms with Crippen molar-refractivity contribution < 1.29 is 0 Å². The van der Waals surface area contributed by atoms with Crippen LogP contribution < -0.4 is 16.2 Å². The predicted molar refractivity (Wildman–Crippen MR) is 59.7 cm³/mol. The molecule has 2 heterocycles. The van der Waals surface area contributed by atoms with E-state index in [0.29, 0.717) is 6.04 Å². The van der Waals surface area contributed by atoms with Crippen LogP contribution in [0.2, 0.25) is 0 Å². The van der Waals surface area contributed by atoms with Crippen LogP contribution in [0.4, 0.5) is 0 Å². The standard InChI is InChI=1S/C8H17N3.2ClH/c1-2-5-9-7(3-1)8-4-6-10-11-8;;/h7-11H,1-6H2;2*1H. The summed E-state index contributed by atoms with van der Waals surface area (Å²) in [5.41, 5.74) is 6.49. The summed E-state index contributed by atoms with van der Waals surface area (Å²) in [6.45, 7) is 2.34. The SMILES string of the molecule is C1CCC(C2CCNN2)NC1.Cl.Cl. The second-order valence-electron chi connectivity index (χ2n) is 3.52. The van der Waals surface area contributed by atoms with Crippen LogP contribution >= 0.6 is 24.8 Å². The molecule has 0 aromatic carbocycles. The first-order valence-electron chi connectivity index (χ1n) is 4.68. The predicted octanol–water partition coefficient (Wildman–Crippen LogP) is 0.839. The van der Waals surface area contributed by atoms with E-state index < -0.39 is 0 Å². The number of hydrazine groups is 1. The Kier molecular flexibility index (Phi) is 7.09. The van der Waals surface area contributed by atoms with E-state index >= 15 is 0 Å². The number of hydrogen-bond donors (Lipinski definition) is 3. The van der Waals surface area contributed by atoms with Crippen molar-refractivity contribution in [3.05, 3.63) is 0 Å². The highest BCUT2D eigenvalue weighted by atomic mass is 35.5. The Hall–Kier alpha value is 0.460. The second-order valence-corrected chi connectivity index (χ2v) is 3.52. The third-order valence-electron chi connectivity index (χ3n) is 2.70. The highest BCUT2D eigenvalue weighted by Crippen LogP contribution is 2.13. The highest BCUT2D eigenvalue weighted by molar-refractivity contribution is 5.85. The van der Waals surface area contributed by atoms with E-state index in [1.807, 2.05) is 0 Å². The zero-order chi connectivity index (χ0) is 7.52. The van der Waals surface area contributed by atoms with Crippen molar-refractivity contribution in [1.82, 2.24) is 16.2 Å². The van der Waals surface area contributed by atoms with Crippen LogP contribution in [-0.2, 0) is 0 Å². The van der Waals surface area contributed by atoms with Gasteiger partial charge in [-0.3, -0.25) is 10.9 Å². The Morgan fingerprint density at radius 3 is 2.23 bits per heavy atom. The van der Waals surface area contributed by atoms with Gasteiger partial charge in [0.1, 0.15) is 0 Å². The minimum Gasteiger partial charge on any atom is -0.312 e. The van der Waals surface area contributed by atoms with Gasteiger partial charge < -0.3 is 5.32 Å². The van der Waals surface area contributed by atoms with Gasteiger partial charge in [-0.15, -0.1) is 24.8 Å². The zero-order valence-electron chi connectivity index (χ0n) is 7.71. The number of rotatable bonds is 1. The molecule has 0 amide bonds. The molecule has 2 atom stereocenters. The molecular weight excluding hydrogens is 209 g/mol. The topological polar surface area (TPSA) is 36.1 Å². The molecule has 0 radical (unpaired) electrons. The Balaban J connectivity index is 0.000000720. The van der Waals surface area contributed by atoms with Crippen LogP contribution in [0.3, 0.4) is 0 Å². The second kappa shape index (κ2) is 6.85. The molecule has 0 bridgehead atoms. The molecule has 3 N–H and O–H groups in total. The normalized spacial score (nSPS) is 33.2. The zero-order valence-corrected chi connectivity index (χ0v) is 9.35. The molecule has 5 heteroatoms. The van der Waals surface area contributed by atoms with Crippen LogP contribution in [0.25, 0.3) is 0 Å². The molecule has 0 aromatic rings. The molecule has 80 valence electrons. The first-order chi connectivity index (χ1) is 5.47. The summed E-state index contributed by atoms with van der Waals surface area (Å²) < 4.78 is 0. The van der Waals surface area contributed by atoms with Gasteiger partial charge in [0.15, 0.2) is 0 Å². The van der Waals surface area contributed by atoms with Gasteiger partial charge in [-0.1, -0.05) is 6.42 Å². The van der Waals surface area contributed by atoms with E-state index in [1.165, 1.54) is 32.2 Å². The minimum absolute atomic E-state index is 0. The Morgan fingerprint density at radius 2 is 1.69 bits per heavy atom. The van der Waals surface area contributed by atoms with Crippen molar-refractivity contribution in [2.45, 2.75) is 37.8 Å². The summed E-state index contributed by atoms with van der Waals surface area (Å²) in [5, 5.41) is 3.56.